The third-order valence-electron chi connectivity index (χ3n) is 2.90. The zero-order chi connectivity index (χ0) is 12.1. The fourth-order valence-corrected chi connectivity index (χ4v) is 4.06. The van der Waals surface area contributed by atoms with E-state index in [-0.39, 0.29) is 11.8 Å². The smallest absolute Gasteiger partial charge is 0.213 e. The van der Waals surface area contributed by atoms with Crippen molar-refractivity contribution in [3.05, 3.63) is 22.4 Å². The Hall–Kier alpha value is -0.430. The third-order valence-corrected chi connectivity index (χ3v) is 5.12. The molecule has 4 nitrogen and oxygen atoms in total. The Labute approximate surface area is 106 Å². The van der Waals surface area contributed by atoms with Gasteiger partial charge in [-0.3, -0.25) is 0 Å². The lowest BCUT2D eigenvalue weighted by Gasteiger charge is -2.11. The van der Waals surface area contributed by atoms with Crippen molar-refractivity contribution in [3.8, 4) is 0 Å². The van der Waals surface area contributed by atoms with E-state index in [2.05, 4.69) is 10.0 Å². The molecule has 2 rings (SSSR count). The lowest BCUT2D eigenvalue weighted by atomic mass is 10.2. The molecule has 0 aromatic carbocycles. The Kier molecular flexibility index (Phi) is 4.55. The number of rotatable bonds is 6. The summed E-state index contributed by atoms with van der Waals surface area (Å²) in [5, 5.41) is 7.25. The molecule has 0 bridgehead atoms. The quantitative estimate of drug-likeness (QED) is 0.812. The lowest BCUT2D eigenvalue weighted by Crippen LogP contribution is -2.37. The van der Waals surface area contributed by atoms with Gasteiger partial charge in [-0.2, -0.15) is 11.3 Å². The summed E-state index contributed by atoms with van der Waals surface area (Å²) >= 11 is 1.64. The van der Waals surface area contributed by atoms with Gasteiger partial charge in [0.25, 0.3) is 0 Å². The summed E-state index contributed by atoms with van der Waals surface area (Å²) in [4.78, 5) is 0. The maximum Gasteiger partial charge on any atom is 0.213 e. The number of hydrogen-bond donors (Lipinski definition) is 2. The van der Waals surface area contributed by atoms with Crippen LogP contribution in [0.5, 0.6) is 0 Å². The Morgan fingerprint density at radius 1 is 1.53 bits per heavy atom. The molecule has 1 aliphatic heterocycles. The van der Waals surface area contributed by atoms with E-state index >= 15 is 0 Å². The van der Waals surface area contributed by atoms with E-state index in [1.165, 1.54) is 5.56 Å². The SMILES string of the molecule is O=S(=O)(CC1CCCN1)NCCc1ccsc1. The highest BCUT2D eigenvalue weighted by Gasteiger charge is 2.21. The van der Waals surface area contributed by atoms with Gasteiger partial charge in [0.1, 0.15) is 0 Å². The summed E-state index contributed by atoms with van der Waals surface area (Å²) in [6, 6.07) is 2.16. The zero-order valence-corrected chi connectivity index (χ0v) is 11.3. The second kappa shape index (κ2) is 5.95. The van der Waals surface area contributed by atoms with Crippen molar-refractivity contribution in [2.45, 2.75) is 25.3 Å². The van der Waals surface area contributed by atoms with Crippen molar-refractivity contribution in [2.24, 2.45) is 0 Å². The van der Waals surface area contributed by atoms with Crippen LogP contribution in [0.3, 0.4) is 0 Å². The monoisotopic (exact) mass is 274 g/mol. The van der Waals surface area contributed by atoms with Gasteiger partial charge in [0.05, 0.1) is 5.75 Å². The molecule has 6 heteroatoms. The van der Waals surface area contributed by atoms with E-state index in [4.69, 9.17) is 0 Å². The Balaban J connectivity index is 1.73. The van der Waals surface area contributed by atoms with Gasteiger partial charge in [-0.15, -0.1) is 0 Å². The molecule has 0 radical (unpaired) electrons. The summed E-state index contributed by atoms with van der Waals surface area (Å²) in [6.45, 7) is 1.43. The minimum absolute atomic E-state index is 0.133. The molecule has 2 heterocycles. The first-order chi connectivity index (χ1) is 8.16. The first-order valence-electron chi connectivity index (χ1n) is 5.87. The molecule has 17 heavy (non-hydrogen) atoms. The predicted octanol–water partition coefficient (Wildman–Crippen LogP) is 0.962. The van der Waals surface area contributed by atoms with Gasteiger partial charge in [-0.25, -0.2) is 13.1 Å². The Morgan fingerprint density at radius 3 is 3.06 bits per heavy atom. The summed E-state index contributed by atoms with van der Waals surface area (Å²) in [6.07, 6.45) is 2.81. The van der Waals surface area contributed by atoms with Crippen LogP contribution in [-0.4, -0.2) is 33.3 Å². The molecule has 0 saturated carbocycles. The average molecular weight is 274 g/mol. The van der Waals surface area contributed by atoms with Gasteiger partial charge in [-0.05, 0) is 48.2 Å². The van der Waals surface area contributed by atoms with Gasteiger partial charge in [-0.1, -0.05) is 0 Å². The number of nitrogens with one attached hydrogen (secondary N) is 2. The maximum atomic E-state index is 11.8. The molecule has 0 aliphatic carbocycles. The lowest BCUT2D eigenvalue weighted by molar-refractivity contribution is 0.564. The molecule has 1 atom stereocenters. The van der Waals surface area contributed by atoms with Crippen LogP contribution in [0.4, 0.5) is 0 Å². The van der Waals surface area contributed by atoms with Gasteiger partial charge in [0, 0.05) is 12.6 Å². The molecule has 0 amide bonds. The fourth-order valence-electron chi connectivity index (χ4n) is 2.01. The van der Waals surface area contributed by atoms with E-state index in [1.54, 1.807) is 11.3 Å². The molecule has 1 aromatic heterocycles. The minimum atomic E-state index is -3.13. The highest BCUT2D eigenvalue weighted by Crippen LogP contribution is 2.08. The largest absolute Gasteiger partial charge is 0.313 e. The van der Waals surface area contributed by atoms with E-state index < -0.39 is 10.0 Å². The molecule has 1 unspecified atom stereocenters. The first-order valence-corrected chi connectivity index (χ1v) is 8.47. The van der Waals surface area contributed by atoms with Crippen LogP contribution in [-0.2, 0) is 16.4 Å². The van der Waals surface area contributed by atoms with Crippen LogP contribution in [0.2, 0.25) is 0 Å². The van der Waals surface area contributed by atoms with E-state index in [0.717, 1.165) is 25.8 Å². The van der Waals surface area contributed by atoms with E-state index in [1.807, 2.05) is 16.8 Å². The molecule has 1 aliphatic rings. The zero-order valence-electron chi connectivity index (χ0n) is 9.69. The van der Waals surface area contributed by atoms with Gasteiger partial charge >= 0.3 is 0 Å². The molecule has 1 fully saturated rings. The molecular formula is C11H18N2O2S2. The number of thiophene rings is 1. The van der Waals surface area contributed by atoms with Crippen molar-refractivity contribution >= 4 is 21.4 Å². The van der Waals surface area contributed by atoms with Crippen molar-refractivity contribution in [2.75, 3.05) is 18.8 Å². The molecule has 2 N–H and O–H groups in total. The van der Waals surface area contributed by atoms with Crippen molar-refractivity contribution in [1.29, 1.82) is 0 Å². The normalized spacial score (nSPS) is 20.8. The summed E-state index contributed by atoms with van der Waals surface area (Å²) in [5.41, 5.74) is 1.19. The highest BCUT2D eigenvalue weighted by atomic mass is 32.2. The van der Waals surface area contributed by atoms with Crippen LogP contribution in [0.1, 0.15) is 18.4 Å². The molecule has 1 aromatic rings. The van der Waals surface area contributed by atoms with Crippen molar-refractivity contribution in [3.63, 3.8) is 0 Å². The average Bonchev–Trinajstić information content (AvgIpc) is 2.89. The molecular weight excluding hydrogens is 256 g/mol. The first kappa shape index (κ1) is 13.0. The Morgan fingerprint density at radius 2 is 2.41 bits per heavy atom. The minimum Gasteiger partial charge on any atom is -0.313 e. The Bertz CT molecular complexity index is 422. The van der Waals surface area contributed by atoms with Crippen molar-refractivity contribution < 1.29 is 8.42 Å². The van der Waals surface area contributed by atoms with Crippen LogP contribution in [0.15, 0.2) is 16.8 Å². The maximum absolute atomic E-state index is 11.8. The molecule has 1 saturated heterocycles. The highest BCUT2D eigenvalue weighted by molar-refractivity contribution is 7.89. The topological polar surface area (TPSA) is 58.2 Å². The van der Waals surface area contributed by atoms with Crippen LogP contribution in [0.25, 0.3) is 0 Å². The van der Waals surface area contributed by atoms with Gasteiger partial charge < -0.3 is 5.32 Å². The third kappa shape index (κ3) is 4.39. The van der Waals surface area contributed by atoms with E-state index in [0.29, 0.717) is 6.54 Å². The second-order valence-electron chi connectivity index (χ2n) is 4.35. The summed E-state index contributed by atoms with van der Waals surface area (Å²) in [7, 11) is -3.13. The van der Waals surface area contributed by atoms with Gasteiger partial charge in [0.15, 0.2) is 0 Å². The van der Waals surface area contributed by atoms with Crippen LogP contribution < -0.4 is 10.0 Å². The standard InChI is InChI=1S/C11H18N2O2S2/c14-17(15,9-11-2-1-5-12-11)13-6-3-10-4-7-16-8-10/h4,7-8,11-13H,1-3,5-6,9H2. The fraction of sp³-hybridized carbons (Fsp3) is 0.636. The number of hydrogen-bond acceptors (Lipinski definition) is 4. The molecule has 96 valence electrons. The second-order valence-corrected chi connectivity index (χ2v) is 6.98. The van der Waals surface area contributed by atoms with Crippen LogP contribution >= 0.6 is 11.3 Å². The predicted molar refractivity (Wildman–Crippen MR) is 70.8 cm³/mol. The van der Waals surface area contributed by atoms with E-state index in [9.17, 15) is 8.42 Å². The van der Waals surface area contributed by atoms with Crippen LogP contribution in [0, 0.1) is 0 Å². The molecule has 0 spiro atoms. The van der Waals surface area contributed by atoms with Gasteiger partial charge in [0.2, 0.25) is 10.0 Å². The van der Waals surface area contributed by atoms with Crippen molar-refractivity contribution in [1.82, 2.24) is 10.0 Å². The number of sulfonamides is 1. The summed E-state index contributed by atoms with van der Waals surface area (Å²) < 4.78 is 26.2. The summed E-state index contributed by atoms with van der Waals surface area (Å²) in [5.74, 6) is 0.205.